The molecule has 0 bridgehead atoms. The van der Waals surface area contributed by atoms with Gasteiger partial charge in [-0.1, -0.05) is 67.6 Å². The Hall–Kier alpha value is -3.25. The second kappa shape index (κ2) is 10.6. The van der Waals surface area contributed by atoms with Crippen molar-refractivity contribution in [2.45, 2.75) is 32.4 Å². The number of benzene rings is 3. The Morgan fingerprint density at radius 2 is 1.61 bits per heavy atom. The molecule has 0 N–H and O–H groups in total. The van der Waals surface area contributed by atoms with Crippen molar-refractivity contribution in [3.05, 3.63) is 101 Å². The van der Waals surface area contributed by atoms with Crippen LogP contribution in [0.15, 0.2) is 72.8 Å². The van der Waals surface area contributed by atoms with Crippen molar-refractivity contribution in [3.63, 3.8) is 0 Å². The van der Waals surface area contributed by atoms with Gasteiger partial charge in [0.15, 0.2) is 17.4 Å². The summed E-state index contributed by atoms with van der Waals surface area (Å²) in [6.45, 7) is 2.55. The Bertz CT molecular complexity index is 1050. The normalized spacial score (nSPS) is 16.6. The first kappa shape index (κ1) is 22.9. The highest BCUT2D eigenvalue weighted by Crippen LogP contribution is 2.27. The summed E-state index contributed by atoms with van der Waals surface area (Å²) in [4.78, 5) is 14.8. The van der Waals surface area contributed by atoms with Crippen LogP contribution in [0.3, 0.4) is 0 Å². The molecule has 6 heteroatoms. The largest absolute Gasteiger partial charge is 0.483 e. The zero-order chi connectivity index (χ0) is 23.2. The highest BCUT2D eigenvalue weighted by molar-refractivity contribution is 5.79. The average molecular weight is 452 g/mol. The number of halogens is 2. The van der Waals surface area contributed by atoms with Gasteiger partial charge in [0.1, 0.15) is 13.3 Å². The summed E-state index contributed by atoms with van der Waals surface area (Å²) in [5.74, 6) is -2.48. The maximum atomic E-state index is 14.6. The number of carbonyl (C=O) groups is 1. The number of carbonyl (C=O) groups excluding carboxylic acids is 1. The Labute approximate surface area is 192 Å². The van der Waals surface area contributed by atoms with Crippen LogP contribution in [-0.2, 0) is 29.0 Å². The topological polar surface area (TPSA) is 38.8 Å². The average Bonchev–Trinajstić information content (AvgIpc) is 3.27. The zero-order valence-corrected chi connectivity index (χ0v) is 18.5. The van der Waals surface area contributed by atoms with E-state index in [9.17, 15) is 13.6 Å². The summed E-state index contributed by atoms with van der Waals surface area (Å²) in [7, 11) is 0. The monoisotopic (exact) mass is 451 g/mol. The zero-order valence-electron chi connectivity index (χ0n) is 18.5. The van der Waals surface area contributed by atoms with Crippen LogP contribution in [0.1, 0.15) is 23.6 Å². The van der Waals surface area contributed by atoms with Crippen LogP contribution in [-0.4, -0.2) is 30.2 Å². The van der Waals surface area contributed by atoms with E-state index >= 15 is 0 Å². The van der Waals surface area contributed by atoms with Crippen molar-refractivity contribution >= 4 is 5.91 Å². The summed E-state index contributed by atoms with van der Waals surface area (Å²) in [6.07, 6.45) is 0.927. The van der Waals surface area contributed by atoms with Crippen molar-refractivity contribution in [1.82, 2.24) is 4.90 Å². The van der Waals surface area contributed by atoms with E-state index in [2.05, 4.69) is 0 Å². The third-order valence-corrected chi connectivity index (χ3v) is 5.83. The molecule has 0 unspecified atom stereocenters. The molecule has 1 saturated heterocycles. The first-order chi connectivity index (χ1) is 16.0. The minimum Gasteiger partial charge on any atom is -0.483 e. The van der Waals surface area contributed by atoms with Crippen LogP contribution in [0.2, 0.25) is 0 Å². The molecule has 1 amide bonds. The molecule has 0 saturated carbocycles. The van der Waals surface area contributed by atoms with Crippen molar-refractivity contribution in [2.24, 2.45) is 5.92 Å². The maximum Gasteiger partial charge on any atom is 0.227 e. The fourth-order valence-electron chi connectivity index (χ4n) is 4.10. The summed E-state index contributed by atoms with van der Waals surface area (Å²) in [5, 5.41) is 0. The van der Waals surface area contributed by atoms with E-state index in [0.717, 1.165) is 11.1 Å². The number of hydrogen-bond acceptors (Lipinski definition) is 3. The number of ether oxygens (including phenoxy) is 2. The van der Waals surface area contributed by atoms with E-state index in [1.807, 2.05) is 60.7 Å². The number of nitrogens with zero attached hydrogens (tertiary/aromatic N) is 1. The van der Waals surface area contributed by atoms with Crippen molar-refractivity contribution in [1.29, 1.82) is 0 Å². The molecular formula is C27H27F2NO3. The van der Waals surface area contributed by atoms with Crippen LogP contribution in [0.4, 0.5) is 8.78 Å². The van der Waals surface area contributed by atoms with Gasteiger partial charge in [0, 0.05) is 5.92 Å². The van der Waals surface area contributed by atoms with Gasteiger partial charge < -0.3 is 14.4 Å². The van der Waals surface area contributed by atoms with E-state index < -0.39 is 23.3 Å². The van der Waals surface area contributed by atoms with Crippen LogP contribution in [0.25, 0.3) is 0 Å². The Balaban J connectivity index is 1.39. The fraction of sp³-hybridized carbons (Fsp3) is 0.296. The predicted molar refractivity (Wildman–Crippen MR) is 122 cm³/mol. The second-order valence-electron chi connectivity index (χ2n) is 8.42. The van der Waals surface area contributed by atoms with Gasteiger partial charge in [0.25, 0.3) is 0 Å². The molecule has 0 aliphatic carbocycles. The number of hydrogen-bond donors (Lipinski definition) is 0. The van der Waals surface area contributed by atoms with Gasteiger partial charge in [-0.15, -0.1) is 0 Å². The van der Waals surface area contributed by atoms with Crippen LogP contribution >= 0.6 is 0 Å². The van der Waals surface area contributed by atoms with Crippen LogP contribution < -0.4 is 4.74 Å². The molecule has 3 aromatic carbocycles. The predicted octanol–water partition coefficient (Wildman–Crippen LogP) is 5.15. The molecule has 33 heavy (non-hydrogen) atoms. The van der Waals surface area contributed by atoms with Crippen LogP contribution in [0, 0.1) is 17.6 Å². The van der Waals surface area contributed by atoms with E-state index in [1.165, 1.54) is 12.1 Å². The van der Waals surface area contributed by atoms with Gasteiger partial charge in [-0.25, -0.2) is 8.78 Å². The van der Waals surface area contributed by atoms with Gasteiger partial charge in [-0.3, -0.25) is 4.79 Å². The molecule has 172 valence electrons. The lowest BCUT2D eigenvalue weighted by atomic mass is 9.98. The Morgan fingerprint density at radius 3 is 2.24 bits per heavy atom. The first-order valence-electron chi connectivity index (χ1n) is 11.1. The highest BCUT2D eigenvalue weighted by Gasteiger charge is 2.32. The highest BCUT2D eigenvalue weighted by atomic mass is 19.1. The quantitative estimate of drug-likeness (QED) is 0.476. The standard InChI is InChI=1S/C27H27F2NO3/c1-19(27(31)30-18-32-17-23(30)13-20-8-4-2-5-9-20)12-22-14-24(28)26(25(29)15-22)33-16-21-10-6-3-7-11-21/h2-11,14-15,19,23H,12-13,16-18H2,1H3/t19-,23+/m0/s1. The molecule has 4 nitrogen and oxygen atoms in total. The molecule has 1 aliphatic heterocycles. The molecule has 1 heterocycles. The van der Waals surface area contributed by atoms with Gasteiger partial charge >= 0.3 is 0 Å². The van der Waals surface area contributed by atoms with Gasteiger partial charge in [0.05, 0.1) is 12.6 Å². The van der Waals surface area contributed by atoms with Gasteiger partial charge in [-0.2, -0.15) is 0 Å². The molecule has 1 aliphatic rings. The fourth-order valence-corrected chi connectivity index (χ4v) is 4.10. The van der Waals surface area contributed by atoms with Crippen molar-refractivity contribution in [3.8, 4) is 5.75 Å². The Morgan fingerprint density at radius 1 is 1.00 bits per heavy atom. The molecule has 0 spiro atoms. The van der Waals surface area contributed by atoms with E-state index in [1.54, 1.807) is 11.8 Å². The summed E-state index contributed by atoms with van der Waals surface area (Å²) >= 11 is 0. The van der Waals surface area contributed by atoms with Crippen molar-refractivity contribution in [2.75, 3.05) is 13.3 Å². The summed E-state index contributed by atoms with van der Waals surface area (Å²) in [5.41, 5.74) is 2.36. The minimum atomic E-state index is -0.771. The van der Waals surface area contributed by atoms with E-state index in [0.29, 0.717) is 18.6 Å². The summed E-state index contributed by atoms with van der Waals surface area (Å²) in [6, 6.07) is 21.6. The lowest BCUT2D eigenvalue weighted by molar-refractivity contribution is -0.137. The molecular weight excluding hydrogens is 424 g/mol. The molecule has 4 rings (SSSR count). The molecule has 0 radical (unpaired) electrons. The lowest BCUT2D eigenvalue weighted by Crippen LogP contribution is -2.41. The maximum absolute atomic E-state index is 14.6. The number of amides is 1. The van der Waals surface area contributed by atoms with Gasteiger partial charge in [0.2, 0.25) is 5.91 Å². The minimum absolute atomic E-state index is 0.0513. The second-order valence-corrected chi connectivity index (χ2v) is 8.42. The van der Waals surface area contributed by atoms with E-state index in [-0.39, 0.29) is 31.7 Å². The first-order valence-corrected chi connectivity index (χ1v) is 11.1. The summed E-state index contributed by atoms with van der Waals surface area (Å²) < 4.78 is 40.1. The lowest BCUT2D eigenvalue weighted by Gasteiger charge is -2.26. The van der Waals surface area contributed by atoms with Crippen LogP contribution in [0.5, 0.6) is 5.75 Å². The Kier molecular flexibility index (Phi) is 7.35. The molecule has 0 aromatic heterocycles. The molecule has 3 aromatic rings. The van der Waals surface area contributed by atoms with Gasteiger partial charge in [-0.05, 0) is 41.7 Å². The molecule has 1 fully saturated rings. The van der Waals surface area contributed by atoms with E-state index in [4.69, 9.17) is 9.47 Å². The third kappa shape index (κ3) is 5.76. The number of rotatable bonds is 8. The third-order valence-electron chi connectivity index (χ3n) is 5.83. The molecule has 2 atom stereocenters. The SMILES string of the molecule is C[C@@H](Cc1cc(F)c(OCc2ccccc2)c(F)c1)C(=O)N1COC[C@H]1Cc1ccccc1. The van der Waals surface area contributed by atoms with Crippen molar-refractivity contribution < 1.29 is 23.0 Å². The smallest absolute Gasteiger partial charge is 0.227 e.